The first-order chi connectivity index (χ1) is 9.88. The molecule has 2 aromatic carbocycles. The van der Waals surface area contributed by atoms with Crippen LogP contribution in [0.1, 0.15) is 11.1 Å². The summed E-state index contributed by atoms with van der Waals surface area (Å²) in [6, 6.07) is 10.9. The van der Waals surface area contributed by atoms with Gasteiger partial charge in [0.2, 0.25) is 0 Å². The molecule has 112 valence electrons. The molecule has 0 saturated heterocycles. The van der Waals surface area contributed by atoms with Gasteiger partial charge >= 0.3 is 0 Å². The van der Waals surface area contributed by atoms with E-state index in [1.165, 1.54) is 18.2 Å². The molecule has 0 N–H and O–H groups in total. The molecule has 0 aliphatic carbocycles. The fraction of sp³-hybridized carbons (Fsp3) is 0.200. The Morgan fingerprint density at radius 1 is 1.14 bits per heavy atom. The standard InChI is InChI=1S/C15H14BrFO3S/c1-11-2-5-14(6-3-11)21(18,19)20-9-8-12-10-13(16)4-7-15(12)17/h2-7,10H,8-9H2,1H3. The Labute approximate surface area is 132 Å². The van der Waals surface area contributed by atoms with Crippen molar-refractivity contribution in [1.82, 2.24) is 0 Å². The molecule has 0 aliphatic rings. The Morgan fingerprint density at radius 2 is 1.81 bits per heavy atom. The van der Waals surface area contributed by atoms with Crippen LogP contribution >= 0.6 is 15.9 Å². The Hall–Kier alpha value is -1.24. The zero-order valence-corrected chi connectivity index (χ0v) is 13.7. The van der Waals surface area contributed by atoms with E-state index in [1.807, 2.05) is 6.92 Å². The number of halogens is 2. The summed E-state index contributed by atoms with van der Waals surface area (Å²) in [7, 11) is -3.80. The topological polar surface area (TPSA) is 43.4 Å². The first kappa shape index (κ1) is 16.1. The molecular formula is C15H14BrFO3S. The summed E-state index contributed by atoms with van der Waals surface area (Å²) in [5.74, 6) is -0.380. The van der Waals surface area contributed by atoms with Crippen molar-refractivity contribution in [3.63, 3.8) is 0 Å². The minimum absolute atomic E-state index is 0.0998. The van der Waals surface area contributed by atoms with E-state index in [4.69, 9.17) is 4.18 Å². The van der Waals surface area contributed by atoms with Crippen molar-refractivity contribution in [3.05, 3.63) is 63.9 Å². The summed E-state index contributed by atoms with van der Waals surface area (Å²) in [4.78, 5) is 0.0998. The SMILES string of the molecule is Cc1ccc(S(=O)(=O)OCCc2cc(Br)ccc2F)cc1. The van der Waals surface area contributed by atoms with Gasteiger partial charge in [-0.2, -0.15) is 8.42 Å². The van der Waals surface area contributed by atoms with Crippen LogP contribution in [0.4, 0.5) is 4.39 Å². The Bertz CT molecular complexity index is 727. The molecule has 0 spiro atoms. The van der Waals surface area contributed by atoms with E-state index in [1.54, 1.807) is 24.3 Å². The maximum absolute atomic E-state index is 13.5. The van der Waals surface area contributed by atoms with Gasteiger partial charge in [0, 0.05) is 10.9 Å². The van der Waals surface area contributed by atoms with Crippen molar-refractivity contribution in [1.29, 1.82) is 0 Å². The Balaban J connectivity index is 2.02. The quantitative estimate of drug-likeness (QED) is 0.748. The van der Waals surface area contributed by atoms with E-state index in [9.17, 15) is 12.8 Å². The molecule has 0 saturated carbocycles. The third-order valence-electron chi connectivity index (χ3n) is 2.93. The molecule has 0 radical (unpaired) electrons. The van der Waals surface area contributed by atoms with E-state index in [0.717, 1.165) is 10.0 Å². The molecule has 0 aliphatic heterocycles. The van der Waals surface area contributed by atoms with Gasteiger partial charge in [-0.25, -0.2) is 4.39 Å². The molecule has 0 unspecified atom stereocenters. The summed E-state index contributed by atoms with van der Waals surface area (Å²) >= 11 is 3.25. The molecule has 0 fully saturated rings. The second-order valence-corrected chi connectivity index (χ2v) is 7.11. The van der Waals surface area contributed by atoms with Crippen LogP contribution < -0.4 is 0 Å². The van der Waals surface area contributed by atoms with Gasteiger partial charge in [-0.15, -0.1) is 0 Å². The van der Waals surface area contributed by atoms with Crippen LogP contribution in [0.3, 0.4) is 0 Å². The van der Waals surface area contributed by atoms with Crippen molar-refractivity contribution in [2.45, 2.75) is 18.2 Å². The fourth-order valence-corrected chi connectivity index (χ4v) is 3.09. The molecule has 2 aromatic rings. The lowest BCUT2D eigenvalue weighted by molar-refractivity contribution is 0.320. The highest BCUT2D eigenvalue weighted by atomic mass is 79.9. The molecule has 0 atom stereocenters. The van der Waals surface area contributed by atoms with Crippen LogP contribution in [-0.4, -0.2) is 15.0 Å². The van der Waals surface area contributed by atoms with E-state index in [0.29, 0.717) is 5.56 Å². The highest BCUT2D eigenvalue weighted by molar-refractivity contribution is 9.10. The van der Waals surface area contributed by atoms with Crippen molar-refractivity contribution in [2.75, 3.05) is 6.61 Å². The van der Waals surface area contributed by atoms with E-state index < -0.39 is 10.1 Å². The van der Waals surface area contributed by atoms with E-state index in [2.05, 4.69) is 15.9 Å². The van der Waals surface area contributed by atoms with Crippen molar-refractivity contribution < 1.29 is 17.0 Å². The third-order valence-corrected chi connectivity index (χ3v) is 4.75. The highest BCUT2D eigenvalue weighted by Gasteiger charge is 2.15. The second kappa shape index (κ2) is 6.68. The lowest BCUT2D eigenvalue weighted by Crippen LogP contribution is -2.09. The van der Waals surface area contributed by atoms with E-state index >= 15 is 0 Å². The molecule has 6 heteroatoms. The van der Waals surface area contributed by atoms with Gasteiger partial charge in [0.25, 0.3) is 10.1 Å². The molecule has 0 bridgehead atoms. The molecule has 3 nitrogen and oxygen atoms in total. The summed E-state index contributed by atoms with van der Waals surface area (Å²) in [6.45, 7) is 1.76. The van der Waals surface area contributed by atoms with Gasteiger partial charge in [0.15, 0.2) is 0 Å². The van der Waals surface area contributed by atoms with Crippen LogP contribution in [0.25, 0.3) is 0 Å². The maximum Gasteiger partial charge on any atom is 0.296 e. The van der Waals surface area contributed by atoms with Gasteiger partial charge in [0.05, 0.1) is 11.5 Å². The molecule has 21 heavy (non-hydrogen) atoms. The Kier molecular flexibility index (Phi) is 5.13. The minimum atomic E-state index is -3.80. The first-order valence-corrected chi connectivity index (χ1v) is 8.48. The monoisotopic (exact) mass is 372 g/mol. The Morgan fingerprint density at radius 3 is 2.48 bits per heavy atom. The highest BCUT2D eigenvalue weighted by Crippen LogP contribution is 2.17. The van der Waals surface area contributed by atoms with Gasteiger partial charge in [-0.05, 0) is 42.8 Å². The average Bonchev–Trinajstić information content (AvgIpc) is 2.43. The third kappa shape index (κ3) is 4.36. The zero-order valence-electron chi connectivity index (χ0n) is 11.3. The fourth-order valence-electron chi connectivity index (χ4n) is 1.77. The number of benzene rings is 2. The number of aryl methyl sites for hydroxylation is 1. The lowest BCUT2D eigenvalue weighted by atomic mass is 10.1. The molecule has 0 heterocycles. The van der Waals surface area contributed by atoms with Gasteiger partial charge in [-0.3, -0.25) is 4.18 Å². The van der Waals surface area contributed by atoms with E-state index in [-0.39, 0.29) is 23.7 Å². The van der Waals surface area contributed by atoms with Crippen molar-refractivity contribution >= 4 is 26.0 Å². The van der Waals surface area contributed by atoms with Crippen molar-refractivity contribution in [2.24, 2.45) is 0 Å². The maximum atomic E-state index is 13.5. The van der Waals surface area contributed by atoms with Crippen LogP contribution in [0, 0.1) is 12.7 Å². The molecule has 2 rings (SSSR count). The van der Waals surface area contributed by atoms with Crippen LogP contribution in [0.15, 0.2) is 51.8 Å². The van der Waals surface area contributed by atoms with Crippen LogP contribution in [0.2, 0.25) is 0 Å². The van der Waals surface area contributed by atoms with Gasteiger partial charge < -0.3 is 0 Å². The predicted octanol–water partition coefficient (Wildman–Crippen LogP) is 3.84. The summed E-state index contributed by atoms with van der Waals surface area (Å²) in [5.41, 5.74) is 1.37. The first-order valence-electron chi connectivity index (χ1n) is 6.28. The van der Waals surface area contributed by atoms with Crippen molar-refractivity contribution in [3.8, 4) is 0 Å². The zero-order chi connectivity index (χ0) is 15.5. The number of hydrogen-bond donors (Lipinski definition) is 0. The predicted molar refractivity (Wildman–Crippen MR) is 82.1 cm³/mol. The smallest absolute Gasteiger partial charge is 0.266 e. The lowest BCUT2D eigenvalue weighted by Gasteiger charge is -2.07. The average molecular weight is 373 g/mol. The second-order valence-electron chi connectivity index (χ2n) is 4.57. The minimum Gasteiger partial charge on any atom is -0.266 e. The summed E-state index contributed by atoms with van der Waals surface area (Å²) < 4.78 is 43.1. The van der Waals surface area contributed by atoms with Gasteiger partial charge in [-0.1, -0.05) is 33.6 Å². The largest absolute Gasteiger partial charge is 0.296 e. The summed E-state index contributed by atoms with van der Waals surface area (Å²) in [5, 5.41) is 0. The molecular weight excluding hydrogens is 359 g/mol. The van der Waals surface area contributed by atoms with Crippen LogP contribution in [0.5, 0.6) is 0 Å². The van der Waals surface area contributed by atoms with Crippen LogP contribution in [-0.2, 0) is 20.7 Å². The van der Waals surface area contributed by atoms with Gasteiger partial charge in [0.1, 0.15) is 5.82 Å². The number of rotatable bonds is 5. The molecule has 0 aromatic heterocycles. The normalized spacial score (nSPS) is 11.6. The molecule has 0 amide bonds. The number of hydrogen-bond acceptors (Lipinski definition) is 3. The summed E-state index contributed by atoms with van der Waals surface area (Å²) in [6.07, 6.45) is 0.177.